The van der Waals surface area contributed by atoms with E-state index >= 15 is 0 Å². The molecule has 9 heteroatoms. The Kier molecular flexibility index (Phi) is 29.2. The van der Waals surface area contributed by atoms with E-state index in [1.54, 1.807) is 0 Å². The molecule has 1 aliphatic heterocycles. The third-order valence-corrected chi connectivity index (χ3v) is 9.96. The molecule has 286 valence electrons. The summed E-state index contributed by atoms with van der Waals surface area (Å²) >= 11 is 0. The average Bonchev–Trinajstić information content (AvgIpc) is 3.08. The molecule has 0 bridgehead atoms. The molecule has 2 unspecified atom stereocenters. The van der Waals surface area contributed by atoms with Gasteiger partial charge in [0.2, 0.25) is 5.91 Å². The first-order chi connectivity index (χ1) is 23.3. The van der Waals surface area contributed by atoms with Crippen molar-refractivity contribution in [1.82, 2.24) is 5.32 Å². The fourth-order valence-corrected chi connectivity index (χ4v) is 6.63. The smallest absolute Gasteiger partial charge is 0.220 e. The van der Waals surface area contributed by atoms with Crippen molar-refractivity contribution >= 4 is 5.91 Å². The number of rotatable bonds is 33. The maximum atomic E-state index is 12.8. The molecule has 0 radical (unpaired) electrons. The van der Waals surface area contributed by atoms with Crippen molar-refractivity contribution in [3.05, 3.63) is 0 Å². The molecule has 48 heavy (non-hydrogen) atoms. The van der Waals surface area contributed by atoms with E-state index in [1.807, 2.05) is 0 Å². The highest BCUT2D eigenvalue weighted by molar-refractivity contribution is 5.76. The lowest BCUT2D eigenvalue weighted by Gasteiger charge is -2.40. The van der Waals surface area contributed by atoms with E-state index in [-0.39, 0.29) is 12.5 Å². The number of hydrogen-bond donors (Lipinski definition) is 6. The van der Waals surface area contributed by atoms with E-state index in [4.69, 9.17) is 9.47 Å². The number of aliphatic hydroxyl groups is 5. The minimum Gasteiger partial charge on any atom is -0.394 e. The second-order valence-electron chi connectivity index (χ2n) is 14.4. The number of hydrogen-bond acceptors (Lipinski definition) is 8. The van der Waals surface area contributed by atoms with Crippen LogP contribution in [0.5, 0.6) is 0 Å². The Morgan fingerprint density at radius 2 is 1.04 bits per heavy atom. The number of amides is 1. The second-order valence-corrected chi connectivity index (χ2v) is 14.4. The monoisotopic (exact) mass is 688 g/mol. The van der Waals surface area contributed by atoms with Crippen LogP contribution in [0.3, 0.4) is 0 Å². The van der Waals surface area contributed by atoms with E-state index in [0.717, 1.165) is 38.5 Å². The Hall–Kier alpha value is -0.810. The summed E-state index contributed by atoms with van der Waals surface area (Å²) in [5.74, 6) is -0.148. The van der Waals surface area contributed by atoms with Gasteiger partial charge in [0.25, 0.3) is 0 Å². The van der Waals surface area contributed by atoms with E-state index < -0.39 is 49.5 Å². The normalized spacial score (nSPS) is 22.5. The molecule has 1 saturated heterocycles. The lowest BCUT2D eigenvalue weighted by molar-refractivity contribution is -0.302. The number of aliphatic hydroxyl groups excluding tert-OH is 5. The molecule has 7 atom stereocenters. The van der Waals surface area contributed by atoms with Crippen LogP contribution >= 0.6 is 0 Å². The number of unbranched alkanes of at least 4 members (excludes halogenated alkanes) is 23. The third kappa shape index (κ3) is 22.1. The van der Waals surface area contributed by atoms with Crippen molar-refractivity contribution in [2.24, 2.45) is 0 Å². The summed E-state index contributed by atoms with van der Waals surface area (Å²) in [7, 11) is 0. The first kappa shape index (κ1) is 45.2. The van der Waals surface area contributed by atoms with Crippen LogP contribution in [0.25, 0.3) is 0 Å². The molecule has 0 saturated carbocycles. The topological polar surface area (TPSA) is 149 Å². The molecule has 6 N–H and O–H groups in total. The molecular weight excluding hydrogens is 610 g/mol. The Labute approximate surface area is 294 Å². The number of carbonyl (C=O) groups is 1. The molecule has 1 amide bonds. The lowest BCUT2D eigenvalue weighted by Crippen LogP contribution is -2.60. The highest BCUT2D eigenvalue weighted by Gasteiger charge is 2.44. The molecule has 0 aromatic heterocycles. The third-order valence-electron chi connectivity index (χ3n) is 9.96. The fraction of sp³-hybridized carbons (Fsp3) is 0.974. The standard InChI is InChI=1S/C39H77NO8/c1-3-5-7-9-11-13-14-15-16-17-18-19-20-21-22-24-26-28-33(42)32(40-35(43)29-27-25-23-12-10-8-6-4-2)31-47-39-38(46)37(45)36(44)34(30-41)48-39/h32-34,36-39,41-42,44-46H,3-31H2,1-2H3,(H,40,43)/t32-,33+,34+,36-,37?,38?,39+/m0/s1. The highest BCUT2D eigenvalue weighted by Crippen LogP contribution is 2.23. The van der Waals surface area contributed by atoms with E-state index in [2.05, 4.69) is 19.2 Å². The first-order valence-corrected chi connectivity index (χ1v) is 20.2. The summed E-state index contributed by atoms with van der Waals surface area (Å²) in [6.07, 6.45) is 24.1. The summed E-state index contributed by atoms with van der Waals surface area (Å²) in [5.41, 5.74) is 0. The highest BCUT2D eigenvalue weighted by atomic mass is 16.7. The summed E-state index contributed by atoms with van der Waals surface area (Å²) in [5, 5.41) is 54.0. The number of carbonyl (C=O) groups excluding carboxylic acids is 1. The van der Waals surface area contributed by atoms with Crippen molar-refractivity contribution in [2.45, 2.75) is 230 Å². The van der Waals surface area contributed by atoms with Gasteiger partial charge in [-0.2, -0.15) is 0 Å². The van der Waals surface area contributed by atoms with Crippen LogP contribution in [-0.4, -0.2) is 87.5 Å². The molecule has 1 rings (SSSR count). The molecule has 9 nitrogen and oxygen atoms in total. The van der Waals surface area contributed by atoms with E-state index in [9.17, 15) is 30.3 Å². The zero-order chi connectivity index (χ0) is 35.2. The molecule has 1 heterocycles. The minimum atomic E-state index is -1.55. The molecule has 1 fully saturated rings. The molecule has 0 aromatic carbocycles. The predicted molar refractivity (Wildman–Crippen MR) is 194 cm³/mol. The van der Waals surface area contributed by atoms with Crippen molar-refractivity contribution in [1.29, 1.82) is 0 Å². The van der Waals surface area contributed by atoms with Gasteiger partial charge in [-0.25, -0.2) is 0 Å². The summed E-state index contributed by atoms with van der Waals surface area (Å²) < 4.78 is 11.2. The summed E-state index contributed by atoms with van der Waals surface area (Å²) in [6, 6.07) is -0.708. The number of nitrogens with one attached hydrogen (secondary N) is 1. The van der Waals surface area contributed by atoms with Crippen LogP contribution in [0.1, 0.15) is 187 Å². The molecule has 0 aliphatic carbocycles. The van der Waals surface area contributed by atoms with Crippen molar-refractivity contribution < 1.29 is 39.8 Å². The lowest BCUT2D eigenvalue weighted by atomic mass is 9.99. The minimum absolute atomic E-state index is 0.133. The van der Waals surface area contributed by atoms with E-state index in [0.29, 0.717) is 12.8 Å². The molecule has 0 spiro atoms. The Balaban J connectivity index is 2.34. The van der Waals surface area contributed by atoms with Gasteiger partial charge >= 0.3 is 0 Å². The van der Waals surface area contributed by atoms with Crippen LogP contribution in [0.15, 0.2) is 0 Å². The average molecular weight is 688 g/mol. The van der Waals surface area contributed by atoms with Crippen LogP contribution in [0.2, 0.25) is 0 Å². The number of ether oxygens (including phenoxy) is 2. The zero-order valence-corrected chi connectivity index (χ0v) is 31.0. The first-order valence-electron chi connectivity index (χ1n) is 20.2. The fourth-order valence-electron chi connectivity index (χ4n) is 6.63. The van der Waals surface area contributed by atoms with Gasteiger partial charge in [0.1, 0.15) is 24.4 Å². The van der Waals surface area contributed by atoms with Gasteiger partial charge in [-0.05, 0) is 12.8 Å². The predicted octanol–water partition coefficient (Wildman–Crippen LogP) is 7.22. The Morgan fingerprint density at radius 3 is 1.48 bits per heavy atom. The van der Waals surface area contributed by atoms with Crippen LogP contribution in [-0.2, 0) is 14.3 Å². The van der Waals surface area contributed by atoms with Crippen LogP contribution in [0.4, 0.5) is 0 Å². The Bertz CT molecular complexity index is 726. The van der Waals surface area contributed by atoms with E-state index in [1.165, 1.54) is 122 Å². The Morgan fingerprint density at radius 1 is 0.625 bits per heavy atom. The van der Waals surface area contributed by atoms with Crippen LogP contribution < -0.4 is 5.32 Å². The van der Waals surface area contributed by atoms with Crippen molar-refractivity contribution in [3.8, 4) is 0 Å². The SMILES string of the molecule is CCCCCCCCCCCCCCCCCCC[C@@H](O)[C@H](CO[C@@H]1O[C@H](CO)[C@H](O)C(O)C1O)NC(=O)CCCCCCCCCC. The van der Waals surface area contributed by atoms with Gasteiger partial charge < -0.3 is 40.3 Å². The zero-order valence-electron chi connectivity index (χ0n) is 31.0. The van der Waals surface area contributed by atoms with Gasteiger partial charge in [0, 0.05) is 6.42 Å². The second kappa shape index (κ2) is 31.0. The maximum Gasteiger partial charge on any atom is 0.220 e. The van der Waals surface area contributed by atoms with Crippen molar-refractivity contribution in [2.75, 3.05) is 13.2 Å². The maximum absolute atomic E-state index is 12.8. The van der Waals surface area contributed by atoms with Gasteiger partial charge in [0.15, 0.2) is 6.29 Å². The molecular formula is C39H77NO8. The molecule has 0 aromatic rings. The summed E-state index contributed by atoms with van der Waals surface area (Å²) in [6.45, 7) is 3.79. The molecule has 1 aliphatic rings. The quantitative estimate of drug-likeness (QED) is 0.0396. The van der Waals surface area contributed by atoms with Crippen LogP contribution in [0, 0.1) is 0 Å². The largest absolute Gasteiger partial charge is 0.394 e. The van der Waals surface area contributed by atoms with Gasteiger partial charge in [-0.15, -0.1) is 0 Å². The van der Waals surface area contributed by atoms with Gasteiger partial charge in [0.05, 0.1) is 25.4 Å². The van der Waals surface area contributed by atoms with Crippen molar-refractivity contribution in [3.63, 3.8) is 0 Å². The van der Waals surface area contributed by atoms with Gasteiger partial charge in [-0.3, -0.25) is 4.79 Å². The van der Waals surface area contributed by atoms with Gasteiger partial charge in [-0.1, -0.05) is 168 Å². The summed E-state index contributed by atoms with van der Waals surface area (Å²) in [4.78, 5) is 12.8.